The van der Waals surface area contributed by atoms with Crippen molar-refractivity contribution in [2.24, 2.45) is 0 Å². The monoisotopic (exact) mass is 356 g/mol. The Labute approximate surface area is 166 Å². The van der Waals surface area contributed by atoms with Crippen molar-refractivity contribution in [1.29, 1.82) is 0 Å². The van der Waals surface area contributed by atoms with Crippen LogP contribution in [0.1, 0.15) is 37.8 Å². The van der Waals surface area contributed by atoms with Crippen molar-refractivity contribution < 1.29 is 48.1 Å². The zero-order chi connectivity index (χ0) is 16.7. The average molecular weight is 356 g/mol. The Morgan fingerprint density at radius 2 is 1.12 bits per heavy atom. The summed E-state index contributed by atoms with van der Waals surface area (Å²) >= 11 is 0. The maximum absolute atomic E-state index is 12.0. The Bertz CT molecular complexity index is 600. The second kappa shape index (κ2) is 10.3. The van der Waals surface area contributed by atoms with Gasteiger partial charge in [-0.25, -0.2) is 4.57 Å². The number of phosphoric acid groups is 1. The zero-order valence-corrected chi connectivity index (χ0v) is 17.4. The molecule has 0 aromatic heterocycles. The van der Waals surface area contributed by atoms with Crippen LogP contribution in [0.3, 0.4) is 0 Å². The molecule has 0 radical (unpaired) electrons. The molecular weight excluding hydrogens is 334 g/mol. The Morgan fingerprint density at radius 1 is 0.792 bits per heavy atom. The standard InChI is InChI=1S/C18H23O4P.Na/c1-3-5-15-7-11-17(12-8-15)21-23(19,20)22-18-13-9-16(6-4-2)10-14-18;/h7-14H,3-6H2,1-2H3,(H,19,20);/q;+1/p-1. The van der Waals surface area contributed by atoms with Gasteiger partial charge in [-0.1, -0.05) is 51.0 Å². The fraction of sp³-hybridized carbons (Fsp3) is 0.333. The first kappa shape index (κ1) is 21.3. The van der Waals surface area contributed by atoms with E-state index in [1.807, 2.05) is 24.3 Å². The molecule has 0 aliphatic rings. The normalized spacial score (nSPS) is 10.8. The van der Waals surface area contributed by atoms with Crippen LogP contribution in [0, 0.1) is 0 Å². The first-order chi connectivity index (χ1) is 11.0. The van der Waals surface area contributed by atoms with Crippen LogP contribution in [-0.4, -0.2) is 0 Å². The molecule has 124 valence electrons. The summed E-state index contributed by atoms with van der Waals surface area (Å²) in [5, 5.41) is 0. The van der Waals surface area contributed by atoms with Crippen LogP contribution in [0.4, 0.5) is 0 Å². The van der Waals surface area contributed by atoms with Gasteiger partial charge in [0, 0.05) is 0 Å². The Balaban J connectivity index is 0.00000288. The predicted molar refractivity (Wildman–Crippen MR) is 89.7 cm³/mol. The maximum Gasteiger partial charge on any atom is 1.00 e. The van der Waals surface area contributed by atoms with E-state index in [9.17, 15) is 9.46 Å². The van der Waals surface area contributed by atoms with E-state index >= 15 is 0 Å². The largest absolute Gasteiger partial charge is 1.00 e. The van der Waals surface area contributed by atoms with E-state index in [0.717, 1.165) is 36.8 Å². The van der Waals surface area contributed by atoms with Gasteiger partial charge in [0.15, 0.2) is 0 Å². The number of rotatable bonds is 8. The summed E-state index contributed by atoms with van der Waals surface area (Å²) < 4.78 is 22.0. The first-order valence-corrected chi connectivity index (χ1v) is 9.36. The van der Waals surface area contributed by atoms with Gasteiger partial charge in [-0.15, -0.1) is 0 Å². The molecule has 6 heteroatoms. The summed E-state index contributed by atoms with van der Waals surface area (Å²) in [6, 6.07) is 14.0. The molecule has 0 unspecified atom stereocenters. The van der Waals surface area contributed by atoms with Gasteiger partial charge in [0.2, 0.25) is 0 Å². The van der Waals surface area contributed by atoms with Crippen molar-refractivity contribution in [2.75, 3.05) is 0 Å². The van der Waals surface area contributed by atoms with Gasteiger partial charge in [-0.3, -0.25) is 0 Å². The van der Waals surface area contributed by atoms with Crippen molar-refractivity contribution in [2.45, 2.75) is 39.5 Å². The maximum atomic E-state index is 12.0. The molecule has 0 heterocycles. The summed E-state index contributed by atoms with van der Waals surface area (Å²) in [6.07, 6.45) is 3.99. The zero-order valence-electron chi connectivity index (χ0n) is 14.5. The molecule has 0 spiro atoms. The molecule has 2 aromatic rings. The van der Waals surface area contributed by atoms with Crippen molar-refractivity contribution in [1.82, 2.24) is 0 Å². The van der Waals surface area contributed by atoms with Crippen molar-refractivity contribution in [3.63, 3.8) is 0 Å². The first-order valence-electron chi connectivity index (χ1n) is 7.90. The van der Waals surface area contributed by atoms with Crippen LogP contribution in [-0.2, 0) is 17.4 Å². The molecule has 2 rings (SSSR count). The molecule has 0 saturated carbocycles. The minimum Gasteiger partial charge on any atom is -0.736 e. The third-order valence-electron chi connectivity index (χ3n) is 3.36. The van der Waals surface area contributed by atoms with Gasteiger partial charge >= 0.3 is 37.4 Å². The van der Waals surface area contributed by atoms with Crippen LogP contribution in [0.15, 0.2) is 48.5 Å². The fourth-order valence-electron chi connectivity index (χ4n) is 2.29. The minimum atomic E-state index is -4.45. The van der Waals surface area contributed by atoms with Crippen LogP contribution < -0.4 is 43.5 Å². The van der Waals surface area contributed by atoms with Crippen molar-refractivity contribution >= 4 is 7.82 Å². The summed E-state index contributed by atoms with van der Waals surface area (Å²) in [5.74, 6) is 0.511. The number of aryl methyl sites for hydroxylation is 2. The van der Waals surface area contributed by atoms with Gasteiger partial charge in [0.1, 0.15) is 11.5 Å². The van der Waals surface area contributed by atoms with Gasteiger partial charge in [-0.2, -0.15) is 0 Å². The number of phosphoric ester groups is 1. The molecule has 0 atom stereocenters. The quantitative estimate of drug-likeness (QED) is 0.532. The SMILES string of the molecule is CCCc1ccc(OP(=O)([O-])Oc2ccc(CCC)cc2)cc1.[Na+]. The van der Waals surface area contributed by atoms with E-state index in [2.05, 4.69) is 13.8 Å². The third-order valence-corrected chi connectivity index (χ3v) is 4.23. The van der Waals surface area contributed by atoms with Crippen LogP contribution in [0.2, 0.25) is 0 Å². The Morgan fingerprint density at radius 3 is 1.42 bits per heavy atom. The Kier molecular flexibility index (Phi) is 9.11. The minimum absolute atomic E-state index is 0. The number of benzene rings is 2. The van der Waals surface area contributed by atoms with Crippen molar-refractivity contribution in [3.05, 3.63) is 59.7 Å². The predicted octanol–water partition coefficient (Wildman–Crippen LogP) is 1.52. The van der Waals surface area contributed by atoms with E-state index in [-0.39, 0.29) is 41.1 Å². The van der Waals surface area contributed by atoms with E-state index in [4.69, 9.17) is 9.05 Å². The molecule has 0 bridgehead atoms. The molecule has 0 aliphatic carbocycles. The van der Waals surface area contributed by atoms with Crippen LogP contribution >= 0.6 is 7.82 Å². The molecular formula is C18H22NaO4P. The number of hydrogen-bond acceptors (Lipinski definition) is 4. The molecule has 2 aromatic carbocycles. The van der Waals surface area contributed by atoms with Gasteiger partial charge in [0.25, 0.3) is 0 Å². The van der Waals surface area contributed by atoms with E-state index in [1.165, 1.54) is 0 Å². The summed E-state index contributed by atoms with van der Waals surface area (Å²) in [4.78, 5) is 12.0. The molecule has 24 heavy (non-hydrogen) atoms. The van der Waals surface area contributed by atoms with Gasteiger partial charge < -0.3 is 13.9 Å². The van der Waals surface area contributed by atoms with E-state index in [1.54, 1.807) is 24.3 Å². The smallest absolute Gasteiger partial charge is 0.736 e. The summed E-state index contributed by atoms with van der Waals surface area (Å²) in [5.41, 5.74) is 2.29. The van der Waals surface area contributed by atoms with Crippen LogP contribution in [0.5, 0.6) is 11.5 Å². The molecule has 0 saturated heterocycles. The van der Waals surface area contributed by atoms with E-state index in [0.29, 0.717) is 0 Å². The summed E-state index contributed by atoms with van der Waals surface area (Å²) in [6.45, 7) is 4.19. The topological polar surface area (TPSA) is 58.6 Å². The second-order valence-corrected chi connectivity index (χ2v) is 6.68. The molecule has 0 amide bonds. The molecule has 4 nitrogen and oxygen atoms in total. The molecule has 0 fully saturated rings. The average Bonchev–Trinajstić information content (AvgIpc) is 2.51. The van der Waals surface area contributed by atoms with Crippen molar-refractivity contribution in [3.8, 4) is 11.5 Å². The molecule has 0 N–H and O–H groups in total. The summed E-state index contributed by atoms with van der Waals surface area (Å²) in [7, 11) is -4.45. The van der Waals surface area contributed by atoms with Gasteiger partial charge in [-0.05, 0) is 48.2 Å². The third kappa shape index (κ3) is 7.00. The van der Waals surface area contributed by atoms with Gasteiger partial charge in [0.05, 0.1) is 0 Å². The fourth-order valence-corrected chi connectivity index (χ4v) is 3.09. The van der Waals surface area contributed by atoms with E-state index < -0.39 is 7.82 Å². The second-order valence-electron chi connectivity index (χ2n) is 5.42. The Hall–Kier alpha value is -0.770. The molecule has 0 aliphatic heterocycles. The number of hydrogen-bond donors (Lipinski definition) is 0. The van der Waals surface area contributed by atoms with Crippen LogP contribution in [0.25, 0.3) is 0 Å².